The summed E-state index contributed by atoms with van der Waals surface area (Å²) in [5.41, 5.74) is 2.21. The molecule has 0 aliphatic heterocycles. The van der Waals surface area contributed by atoms with E-state index in [0.29, 0.717) is 29.9 Å². The summed E-state index contributed by atoms with van der Waals surface area (Å²) >= 11 is 13.4. The maximum atomic E-state index is 13.7. The summed E-state index contributed by atoms with van der Waals surface area (Å²) in [5, 5.41) is 0. The molecule has 1 aromatic carbocycles. The lowest BCUT2D eigenvalue weighted by atomic mass is 10.2. The van der Waals surface area contributed by atoms with Crippen LogP contribution in [0.2, 0.25) is 4.34 Å². The first-order valence-corrected chi connectivity index (χ1v) is 8.27. The van der Waals surface area contributed by atoms with E-state index in [-0.39, 0.29) is 5.82 Å². The minimum Gasteiger partial charge on any atom is -0.323 e. The number of fused-ring (bicyclic) bond motifs is 1. The molecule has 21 heavy (non-hydrogen) atoms. The van der Waals surface area contributed by atoms with E-state index in [0.717, 1.165) is 20.6 Å². The number of nitrogens with zero attached hydrogens (tertiary/aromatic N) is 2. The van der Waals surface area contributed by atoms with Crippen molar-refractivity contribution in [3.63, 3.8) is 0 Å². The van der Waals surface area contributed by atoms with Gasteiger partial charge in [-0.1, -0.05) is 11.6 Å². The lowest BCUT2D eigenvalue weighted by molar-refractivity contribution is 0.620. The first-order chi connectivity index (χ1) is 10.1. The van der Waals surface area contributed by atoms with E-state index in [1.165, 1.54) is 17.4 Å². The lowest BCUT2D eigenvalue weighted by Gasteiger charge is -2.07. The number of benzene rings is 1. The summed E-state index contributed by atoms with van der Waals surface area (Å²) in [7, 11) is 0. The van der Waals surface area contributed by atoms with Crippen LogP contribution in [0.4, 0.5) is 4.39 Å². The molecule has 0 radical (unpaired) electrons. The highest BCUT2D eigenvalue weighted by Crippen LogP contribution is 2.26. The molecule has 2 nitrogen and oxygen atoms in total. The average molecular weight is 343 g/mol. The van der Waals surface area contributed by atoms with Crippen molar-refractivity contribution in [2.75, 3.05) is 5.88 Å². The van der Waals surface area contributed by atoms with Crippen LogP contribution in [0.5, 0.6) is 0 Å². The van der Waals surface area contributed by atoms with Gasteiger partial charge in [-0.25, -0.2) is 9.37 Å². The highest BCUT2D eigenvalue weighted by atomic mass is 35.5. The highest BCUT2D eigenvalue weighted by molar-refractivity contribution is 7.16. The third-order valence-electron chi connectivity index (χ3n) is 3.37. The Labute approximate surface area is 136 Å². The van der Waals surface area contributed by atoms with Gasteiger partial charge in [-0.2, -0.15) is 0 Å². The van der Waals surface area contributed by atoms with Crippen LogP contribution < -0.4 is 0 Å². The zero-order valence-electron chi connectivity index (χ0n) is 11.4. The SMILES string of the molecule is Cc1cc2c(cc1F)nc(CCCl)n2Cc1ccc(Cl)s1. The zero-order valence-corrected chi connectivity index (χ0v) is 13.7. The number of hydrogen-bond donors (Lipinski definition) is 0. The Balaban J connectivity index is 2.12. The lowest BCUT2D eigenvalue weighted by Crippen LogP contribution is -2.05. The van der Waals surface area contributed by atoms with Crippen molar-refractivity contribution in [3.05, 3.63) is 50.7 Å². The number of imidazole rings is 1. The van der Waals surface area contributed by atoms with Gasteiger partial charge in [0.05, 0.1) is 21.9 Å². The van der Waals surface area contributed by atoms with Gasteiger partial charge < -0.3 is 4.57 Å². The Kier molecular flexibility index (Phi) is 4.20. The number of thiophene rings is 1. The Morgan fingerprint density at radius 3 is 2.81 bits per heavy atom. The van der Waals surface area contributed by atoms with Gasteiger partial charge in [0.15, 0.2) is 0 Å². The summed E-state index contributed by atoms with van der Waals surface area (Å²) < 4.78 is 16.6. The van der Waals surface area contributed by atoms with Gasteiger partial charge in [0.25, 0.3) is 0 Å². The molecule has 0 saturated carbocycles. The van der Waals surface area contributed by atoms with Crippen molar-refractivity contribution in [1.82, 2.24) is 9.55 Å². The van der Waals surface area contributed by atoms with E-state index in [4.69, 9.17) is 23.2 Å². The molecule has 2 heterocycles. The fraction of sp³-hybridized carbons (Fsp3) is 0.267. The molecule has 3 rings (SSSR count). The molecule has 0 amide bonds. The molecule has 0 unspecified atom stereocenters. The fourth-order valence-electron chi connectivity index (χ4n) is 2.34. The van der Waals surface area contributed by atoms with Crippen LogP contribution in [0.25, 0.3) is 11.0 Å². The summed E-state index contributed by atoms with van der Waals surface area (Å²) in [4.78, 5) is 5.65. The number of hydrogen-bond acceptors (Lipinski definition) is 2. The van der Waals surface area contributed by atoms with Gasteiger partial charge in [0.1, 0.15) is 11.6 Å². The zero-order chi connectivity index (χ0) is 15.0. The van der Waals surface area contributed by atoms with E-state index in [9.17, 15) is 4.39 Å². The van der Waals surface area contributed by atoms with Gasteiger partial charge in [-0.15, -0.1) is 22.9 Å². The van der Waals surface area contributed by atoms with Crippen LogP contribution in [-0.2, 0) is 13.0 Å². The minimum atomic E-state index is -0.233. The van der Waals surface area contributed by atoms with Gasteiger partial charge in [-0.3, -0.25) is 0 Å². The predicted octanol–water partition coefficient (Wildman–Crippen LogP) is 5.03. The molecule has 0 N–H and O–H groups in total. The quantitative estimate of drug-likeness (QED) is 0.608. The molecular weight excluding hydrogens is 330 g/mol. The van der Waals surface area contributed by atoms with Gasteiger partial charge in [-0.05, 0) is 30.7 Å². The molecule has 2 aromatic heterocycles. The normalized spacial score (nSPS) is 11.4. The average Bonchev–Trinajstić information content (AvgIpc) is 2.97. The van der Waals surface area contributed by atoms with E-state index in [1.54, 1.807) is 6.92 Å². The monoisotopic (exact) mass is 342 g/mol. The van der Waals surface area contributed by atoms with Crippen LogP contribution >= 0.6 is 34.5 Å². The standard InChI is InChI=1S/C15H13Cl2FN2S/c1-9-6-13-12(7-11(9)18)19-15(4-5-16)20(13)8-10-2-3-14(17)21-10/h2-3,6-7H,4-5,8H2,1H3. The third kappa shape index (κ3) is 2.93. The molecule has 110 valence electrons. The minimum absolute atomic E-state index is 0.233. The topological polar surface area (TPSA) is 17.8 Å². The number of halogens is 3. The number of aromatic nitrogens is 2. The molecule has 0 atom stereocenters. The van der Waals surface area contributed by atoms with Gasteiger partial charge in [0, 0.05) is 23.2 Å². The van der Waals surface area contributed by atoms with E-state index < -0.39 is 0 Å². The molecule has 0 fully saturated rings. The Hall–Kier alpha value is -1.10. The Bertz CT molecular complexity index is 794. The van der Waals surface area contributed by atoms with E-state index >= 15 is 0 Å². The maximum Gasteiger partial charge on any atom is 0.128 e. The second kappa shape index (κ2) is 5.95. The highest BCUT2D eigenvalue weighted by Gasteiger charge is 2.13. The van der Waals surface area contributed by atoms with Crippen molar-refractivity contribution in [2.24, 2.45) is 0 Å². The van der Waals surface area contributed by atoms with Gasteiger partial charge in [0.2, 0.25) is 0 Å². The van der Waals surface area contributed by atoms with Crippen LogP contribution in [0.15, 0.2) is 24.3 Å². The van der Waals surface area contributed by atoms with E-state index in [2.05, 4.69) is 9.55 Å². The largest absolute Gasteiger partial charge is 0.323 e. The number of rotatable bonds is 4. The van der Waals surface area contributed by atoms with Crippen molar-refractivity contribution in [2.45, 2.75) is 19.9 Å². The van der Waals surface area contributed by atoms with Crippen LogP contribution in [-0.4, -0.2) is 15.4 Å². The predicted molar refractivity (Wildman–Crippen MR) is 87.3 cm³/mol. The molecule has 0 aliphatic carbocycles. The molecule has 0 saturated heterocycles. The van der Waals surface area contributed by atoms with Crippen molar-refractivity contribution < 1.29 is 4.39 Å². The first-order valence-electron chi connectivity index (χ1n) is 6.54. The summed E-state index contributed by atoms with van der Waals surface area (Å²) in [5.74, 6) is 1.12. The second-order valence-corrected chi connectivity index (χ2v) is 7.03. The van der Waals surface area contributed by atoms with Gasteiger partial charge >= 0.3 is 0 Å². The van der Waals surface area contributed by atoms with Crippen molar-refractivity contribution >= 4 is 45.6 Å². The summed E-state index contributed by atoms with van der Waals surface area (Å²) in [6, 6.07) is 7.21. The van der Waals surface area contributed by atoms with Crippen molar-refractivity contribution in [1.29, 1.82) is 0 Å². The molecule has 6 heteroatoms. The molecule has 3 aromatic rings. The van der Waals surface area contributed by atoms with E-state index in [1.807, 2.05) is 18.2 Å². The summed E-state index contributed by atoms with van der Waals surface area (Å²) in [6.45, 7) is 2.43. The Morgan fingerprint density at radius 1 is 1.33 bits per heavy atom. The first kappa shape index (κ1) is 14.8. The number of aryl methyl sites for hydroxylation is 2. The van der Waals surface area contributed by atoms with Crippen LogP contribution in [0.1, 0.15) is 16.3 Å². The smallest absolute Gasteiger partial charge is 0.128 e. The summed E-state index contributed by atoms with van der Waals surface area (Å²) in [6.07, 6.45) is 0.649. The Morgan fingerprint density at radius 2 is 2.14 bits per heavy atom. The van der Waals surface area contributed by atoms with Crippen LogP contribution in [0, 0.1) is 12.7 Å². The van der Waals surface area contributed by atoms with Crippen LogP contribution in [0.3, 0.4) is 0 Å². The third-order valence-corrected chi connectivity index (χ3v) is 4.77. The molecule has 0 bridgehead atoms. The fourth-order valence-corrected chi connectivity index (χ4v) is 3.59. The number of alkyl halides is 1. The second-order valence-electron chi connectivity index (χ2n) is 4.85. The molecular formula is C15H13Cl2FN2S. The molecule has 0 spiro atoms. The maximum absolute atomic E-state index is 13.7. The van der Waals surface area contributed by atoms with Crippen molar-refractivity contribution in [3.8, 4) is 0 Å². The molecule has 0 aliphatic rings.